The Hall–Kier alpha value is -4.65. The number of carbonyl (C=O) groups is 7. The summed E-state index contributed by atoms with van der Waals surface area (Å²) in [6.45, 7) is 21.0. The Morgan fingerprint density at radius 2 is 1.49 bits per heavy atom. The molecule has 4 N–H and O–H groups in total. The van der Waals surface area contributed by atoms with Gasteiger partial charge in [0.2, 0.25) is 23.6 Å². The van der Waals surface area contributed by atoms with Crippen molar-refractivity contribution in [2.24, 2.45) is 23.7 Å². The Bertz CT molecular complexity index is 1820. The number of benzene rings is 1. The van der Waals surface area contributed by atoms with Crippen LogP contribution in [0.1, 0.15) is 114 Å². The zero-order valence-corrected chi connectivity index (χ0v) is 45.2. The predicted molar refractivity (Wildman–Crippen MR) is 270 cm³/mol. The van der Waals surface area contributed by atoms with Gasteiger partial charge in [0, 0.05) is 27.8 Å². The van der Waals surface area contributed by atoms with Crippen LogP contribution in [0.25, 0.3) is 0 Å². The van der Waals surface area contributed by atoms with Crippen molar-refractivity contribution >= 4 is 41.5 Å². The molecule has 0 spiro atoms. The number of hydrogen-bond acceptors (Lipinski definition) is 13. The van der Waals surface area contributed by atoms with Crippen molar-refractivity contribution in [3.63, 3.8) is 0 Å². The highest BCUT2D eigenvalue weighted by molar-refractivity contribution is 5.92. The van der Waals surface area contributed by atoms with Crippen LogP contribution >= 0.6 is 0 Å². The van der Waals surface area contributed by atoms with E-state index in [-0.39, 0.29) is 67.3 Å². The van der Waals surface area contributed by atoms with Crippen molar-refractivity contribution in [3.05, 3.63) is 35.9 Å². The second-order valence-corrected chi connectivity index (χ2v) is 20.8. The van der Waals surface area contributed by atoms with Crippen LogP contribution in [-0.4, -0.2) is 172 Å². The summed E-state index contributed by atoms with van der Waals surface area (Å²) in [5.74, 6) is -2.96. The number of hydrogen-bond donors (Lipinski definition) is 4. The minimum absolute atomic E-state index is 0.0180. The van der Waals surface area contributed by atoms with E-state index in [0.29, 0.717) is 38.8 Å². The van der Waals surface area contributed by atoms with Crippen LogP contribution in [0.2, 0.25) is 0 Å². The maximum absolute atomic E-state index is 14.4. The molecule has 398 valence electrons. The first kappa shape index (κ1) is 61.5. The Labute approximate surface area is 418 Å². The minimum atomic E-state index is -0.914. The molecule has 0 radical (unpaired) electrons. The monoisotopic (exact) mass is 988 g/mol. The molecule has 0 aliphatic carbocycles. The number of likely N-dealkylation sites (N-methyl/N-ethyl adjacent to an activating group) is 2. The van der Waals surface area contributed by atoms with Gasteiger partial charge in [-0.05, 0) is 97.3 Å². The lowest BCUT2D eigenvalue weighted by Gasteiger charge is -2.41. The first-order valence-electron chi connectivity index (χ1n) is 25.1. The Morgan fingerprint density at radius 1 is 0.843 bits per heavy atom. The van der Waals surface area contributed by atoms with E-state index in [2.05, 4.69) is 21.3 Å². The third-order valence-electron chi connectivity index (χ3n) is 13.1. The summed E-state index contributed by atoms with van der Waals surface area (Å²) in [7, 11) is 8.46. The summed E-state index contributed by atoms with van der Waals surface area (Å²) in [4.78, 5) is 99.9. The predicted octanol–water partition coefficient (Wildman–Crippen LogP) is 4.37. The molecule has 10 unspecified atom stereocenters. The summed E-state index contributed by atoms with van der Waals surface area (Å²) in [6.07, 6.45) is 0.488. The van der Waals surface area contributed by atoms with Crippen molar-refractivity contribution in [1.82, 2.24) is 36.0 Å². The maximum Gasteiger partial charge on any atom is 0.408 e. The van der Waals surface area contributed by atoms with Crippen LogP contribution in [0.5, 0.6) is 0 Å². The highest BCUT2D eigenvalue weighted by Gasteiger charge is 2.43. The topological polar surface area (TPSA) is 214 Å². The summed E-state index contributed by atoms with van der Waals surface area (Å²) in [5, 5.41) is 11.6. The van der Waals surface area contributed by atoms with E-state index in [9.17, 15) is 33.6 Å². The smallest absolute Gasteiger partial charge is 0.408 e. The summed E-state index contributed by atoms with van der Waals surface area (Å²) in [5.41, 5.74) is 0.142. The van der Waals surface area contributed by atoms with Crippen LogP contribution in [0, 0.1) is 23.7 Å². The van der Waals surface area contributed by atoms with E-state index < -0.39 is 77.9 Å². The number of likely N-dealkylation sites (tertiary alicyclic amines) is 1. The third kappa shape index (κ3) is 19.2. The molecule has 0 bridgehead atoms. The van der Waals surface area contributed by atoms with Crippen molar-refractivity contribution < 1.29 is 52.5 Å². The van der Waals surface area contributed by atoms with Gasteiger partial charge in [-0.1, -0.05) is 85.2 Å². The van der Waals surface area contributed by atoms with Gasteiger partial charge >= 0.3 is 12.1 Å². The van der Waals surface area contributed by atoms with Gasteiger partial charge in [-0.3, -0.25) is 28.9 Å². The number of amides is 5. The Balaban J connectivity index is 2.18. The van der Waals surface area contributed by atoms with Gasteiger partial charge in [-0.25, -0.2) is 9.59 Å². The molecule has 70 heavy (non-hydrogen) atoms. The van der Waals surface area contributed by atoms with E-state index in [0.717, 1.165) is 5.56 Å². The van der Waals surface area contributed by atoms with Crippen LogP contribution in [0.3, 0.4) is 0 Å². The highest BCUT2D eigenvalue weighted by atomic mass is 16.6. The molecule has 2 rings (SSSR count). The molecule has 18 nitrogen and oxygen atoms in total. The second-order valence-electron chi connectivity index (χ2n) is 20.8. The van der Waals surface area contributed by atoms with E-state index in [1.165, 1.54) is 14.0 Å². The fraction of sp³-hybridized carbons (Fsp3) is 0.750. The number of ether oxygens (including phenoxy) is 4. The van der Waals surface area contributed by atoms with Gasteiger partial charge in [-0.2, -0.15) is 0 Å². The molecule has 1 aromatic rings. The summed E-state index contributed by atoms with van der Waals surface area (Å²) < 4.78 is 22.6. The quantitative estimate of drug-likeness (QED) is 0.0650. The van der Waals surface area contributed by atoms with Crippen LogP contribution in [-0.2, 0) is 54.1 Å². The van der Waals surface area contributed by atoms with Crippen molar-refractivity contribution in [2.45, 2.75) is 169 Å². The maximum atomic E-state index is 14.4. The molecular formula is C52H89N7O11. The Kier molecular flexibility index (Phi) is 26.0. The molecule has 0 saturated carbocycles. The number of ketones is 1. The molecule has 5 amide bonds. The molecule has 1 saturated heterocycles. The molecule has 1 fully saturated rings. The first-order chi connectivity index (χ1) is 32.8. The van der Waals surface area contributed by atoms with Crippen LogP contribution in [0.4, 0.5) is 4.79 Å². The van der Waals surface area contributed by atoms with Gasteiger partial charge < -0.3 is 50.0 Å². The van der Waals surface area contributed by atoms with E-state index in [4.69, 9.17) is 18.9 Å². The van der Waals surface area contributed by atoms with Gasteiger partial charge in [0.1, 0.15) is 17.7 Å². The second kappa shape index (κ2) is 29.6. The zero-order valence-electron chi connectivity index (χ0n) is 45.2. The van der Waals surface area contributed by atoms with E-state index in [1.54, 1.807) is 51.7 Å². The normalized spacial score (nSPS) is 17.9. The highest BCUT2D eigenvalue weighted by Crippen LogP contribution is 2.30. The molecule has 1 aliphatic heterocycles. The average Bonchev–Trinajstić information content (AvgIpc) is 3.77. The molecule has 10 atom stereocenters. The molecular weight excluding hydrogens is 899 g/mol. The largest absolute Gasteiger partial charge is 0.464 e. The lowest BCUT2D eigenvalue weighted by molar-refractivity contribution is -0.148. The molecule has 0 aromatic heterocycles. The SMILES string of the molecule is CCC(C)C(C(CC(=O)N1CCCC1C(OC)C(C)C(=O)NC(Cc1ccccc1)C(=O)CNCCCOC(=O)C(C)NC(=O)OC(C)(C)C)OC)N(C)C(=O)C(NC(=O)C(C(C)C)N(C)C)C(C)C. The minimum Gasteiger partial charge on any atom is -0.464 e. The first-order valence-corrected chi connectivity index (χ1v) is 25.1. The summed E-state index contributed by atoms with van der Waals surface area (Å²) >= 11 is 0. The van der Waals surface area contributed by atoms with E-state index in [1.807, 2.05) is 90.9 Å². The van der Waals surface area contributed by atoms with Crippen molar-refractivity contribution in [1.29, 1.82) is 0 Å². The zero-order chi connectivity index (χ0) is 53.0. The number of nitrogens with zero attached hydrogens (tertiary/aromatic N) is 3. The summed E-state index contributed by atoms with van der Waals surface area (Å²) in [6, 6.07) is 5.41. The number of methoxy groups -OCH3 is 2. The fourth-order valence-electron chi connectivity index (χ4n) is 9.18. The molecule has 1 aliphatic rings. The van der Waals surface area contributed by atoms with Gasteiger partial charge in [-0.15, -0.1) is 0 Å². The Morgan fingerprint density at radius 3 is 2.03 bits per heavy atom. The average molecular weight is 988 g/mol. The number of alkyl carbamates (subject to hydrolysis) is 1. The van der Waals surface area contributed by atoms with E-state index >= 15 is 0 Å². The number of carbonyl (C=O) groups excluding carboxylic acids is 7. The van der Waals surface area contributed by atoms with Crippen molar-refractivity contribution in [2.75, 3.05) is 61.6 Å². The number of Topliss-reactive ketones (excluding diaryl/α,β-unsaturated/α-hetero) is 1. The standard InChI is InChI=1S/C52H89N7O11/c1-17-34(6)45(58(14)49(64)43(32(2)3)56-48(63)44(33(4)5)57(12)13)41(67-15)30-42(61)59-27-21-25-39(59)46(68-16)35(7)47(62)55-38(29-37-23-19-18-20-24-37)40(60)31-53-26-22-28-69-50(65)36(8)54-51(66)70-52(9,10)11/h18-20,23-24,32-36,38-39,41,43-46,53H,17,21-22,25-31H2,1-16H3,(H,54,66)(H,55,62)(H,56,63). The molecule has 18 heteroatoms. The van der Waals surface area contributed by atoms with Gasteiger partial charge in [0.15, 0.2) is 5.78 Å². The lowest BCUT2D eigenvalue weighted by Crippen LogP contribution is -2.59. The lowest BCUT2D eigenvalue weighted by atomic mass is 9.89. The molecule has 1 aromatic carbocycles. The fourth-order valence-corrected chi connectivity index (χ4v) is 9.18. The van der Waals surface area contributed by atoms with Crippen LogP contribution < -0.4 is 21.3 Å². The van der Waals surface area contributed by atoms with Gasteiger partial charge in [0.25, 0.3) is 0 Å². The van der Waals surface area contributed by atoms with Gasteiger partial charge in [0.05, 0.1) is 61.9 Å². The third-order valence-corrected chi connectivity index (χ3v) is 13.1. The van der Waals surface area contributed by atoms with Crippen LogP contribution in [0.15, 0.2) is 30.3 Å². The number of nitrogens with one attached hydrogen (secondary N) is 4. The van der Waals surface area contributed by atoms with Crippen molar-refractivity contribution in [3.8, 4) is 0 Å². The number of esters is 1. The number of rotatable bonds is 29. The molecule has 1 heterocycles.